The Kier molecular flexibility index (Phi) is 5.93. The summed E-state index contributed by atoms with van der Waals surface area (Å²) in [6.07, 6.45) is 0. The van der Waals surface area contributed by atoms with Crippen LogP contribution >= 0.6 is 0 Å². The van der Waals surface area contributed by atoms with Crippen molar-refractivity contribution in [2.45, 2.75) is 27.0 Å². The van der Waals surface area contributed by atoms with E-state index in [-0.39, 0.29) is 18.3 Å². The highest BCUT2D eigenvalue weighted by molar-refractivity contribution is 5.94. The molecule has 1 heterocycles. The van der Waals surface area contributed by atoms with Crippen molar-refractivity contribution < 1.29 is 23.2 Å². The van der Waals surface area contributed by atoms with Crippen LogP contribution in [0.3, 0.4) is 0 Å². The van der Waals surface area contributed by atoms with Crippen LogP contribution < -0.4 is 14.8 Å². The molecule has 0 aliphatic rings. The fraction of sp³-hybridized carbons (Fsp3) is 0.238. The molecule has 0 unspecified atom stereocenters. The van der Waals surface area contributed by atoms with Gasteiger partial charge in [-0.1, -0.05) is 17.3 Å². The summed E-state index contributed by atoms with van der Waals surface area (Å²) in [5.41, 5.74) is 2.89. The summed E-state index contributed by atoms with van der Waals surface area (Å²) in [5.74, 6) is 1.08. The van der Waals surface area contributed by atoms with E-state index in [0.717, 1.165) is 16.8 Å². The fourth-order valence-corrected chi connectivity index (χ4v) is 2.67. The van der Waals surface area contributed by atoms with E-state index in [1.807, 2.05) is 13.8 Å². The normalized spacial score (nSPS) is 10.6. The molecule has 0 atom stereocenters. The van der Waals surface area contributed by atoms with Gasteiger partial charge in [-0.15, -0.1) is 0 Å². The van der Waals surface area contributed by atoms with E-state index in [9.17, 15) is 9.18 Å². The third-order valence-electron chi connectivity index (χ3n) is 4.35. The molecule has 2 aromatic carbocycles. The number of hydrogen-bond donors (Lipinski definition) is 1. The molecule has 1 amide bonds. The maximum Gasteiger partial charge on any atom is 0.251 e. The zero-order chi connectivity index (χ0) is 20.1. The molecule has 0 saturated carbocycles. The van der Waals surface area contributed by atoms with Crippen LogP contribution in [0.1, 0.15) is 32.9 Å². The van der Waals surface area contributed by atoms with Crippen molar-refractivity contribution in [1.29, 1.82) is 0 Å². The molecular weight excluding hydrogens is 363 g/mol. The molecule has 1 aromatic heterocycles. The van der Waals surface area contributed by atoms with Crippen LogP contribution in [0.4, 0.5) is 4.39 Å². The van der Waals surface area contributed by atoms with Gasteiger partial charge in [0.05, 0.1) is 18.4 Å². The van der Waals surface area contributed by atoms with Crippen LogP contribution in [-0.2, 0) is 13.2 Å². The van der Waals surface area contributed by atoms with Gasteiger partial charge in [-0.25, -0.2) is 4.39 Å². The molecule has 28 heavy (non-hydrogen) atoms. The highest BCUT2D eigenvalue weighted by Crippen LogP contribution is 2.29. The Bertz CT molecular complexity index is 948. The molecule has 0 spiro atoms. The van der Waals surface area contributed by atoms with Crippen molar-refractivity contribution in [2.75, 3.05) is 7.11 Å². The largest absolute Gasteiger partial charge is 0.493 e. The zero-order valence-electron chi connectivity index (χ0n) is 15.9. The molecule has 0 aliphatic carbocycles. The number of carbonyl (C=O) groups excluding carboxylic acids is 1. The standard InChI is InChI=1S/C21H21FN2O4/c1-13-18(14(2)28-24-13)12-27-19-9-6-16(10-20(19)26-3)21(25)23-11-15-4-7-17(22)8-5-15/h4-10H,11-12H2,1-3H3,(H,23,25). The number of halogens is 1. The quantitative estimate of drug-likeness (QED) is 0.668. The number of amides is 1. The lowest BCUT2D eigenvalue weighted by molar-refractivity contribution is 0.0950. The number of hydrogen-bond acceptors (Lipinski definition) is 5. The van der Waals surface area contributed by atoms with Gasteiger partial charge in [0.25, 0.3) is 5.91 Å². The number of nitrogens with zero attached hydrogens (tertiary/aromatic N) is 1. The van der Waals surface area contributed by atoms with Crippen LogP contribution in [0.25, 0.3) is 0 Å². The molecule has 146 valence electrons. The van der Waals surface area contributed by atoms with E-state index < -0.39 is 0 Å². The van der Waals surface area contributed by atoms with Crippen molar-refractivity contribution in [3.8, 4) is 11.5 Å². The third-order valence-corrected chi connectivity index (χ3v) is 4.35. The monoisotopic (exact) mass is 384 g/mol. The minimum absolute atomic E-state index is 0.264. The summed E-state index contributed by atoms with van der Waals surface area (Å²) in [5, 5.41) is 6.69. The van der Waals surface area contributed by atoms with Gasteiger partial charge in [-0.3, -0.25) is 4.79 Å². The Hall–Kier alpha value is -3.35. The molecule has 7 heteroatoms. The lowest BCUT2D eigenvalue weighted by Gasteiger charge is -2.12. The highest BCUT2D eigenvalue weighted by atomic mass is 19.1. The van der Waals surface area contributed by atoms with Crippen molar-refractivity contribution in [1.82, 2.24) is 10.5 Å². The molecule has 0 bridgehead atoms. The topological polar surface area (TPSA) is 73.6 Å². The Morgan fingerprint density at radius 2 is 1.89 bits per heavy atom. The van der Waals surface area contributed by atoms with Gasteiger partial charge in [0.1, 0.15) is 18.2 Å². The first-order valence-electron chi connectivity index (χ1n) is 8.73. The maximum absolute atomic E-state index is 12.9. The van der Waals surface area contributed by atoms with Crippen molar-refractivity contribution in [3.05, 3.63) is 76.4 Å². The van der Waals surface area contributed by atoms with Gasteiger partial charge in [0, 0.05) is 12.1 Å². The molecular formula is C21H21FN2O4. The zero-order valence-corrected chi connectivity index (χ0v) is 15.9. The van der Waals surface area contributed by atoms with Crippen LogP contribution in [0, 0.1) is 19.7 Å². The van der Waals surface area contributed by atoms with E-state index in [2.05, 4.69) is 10.5 Å². The fourth-order valence-electron chi connectivity index (χ4n) is 2.67. The van der Waals surface area contributed by atoms with Gasteiger partial charge >= 0.3 is 0 Å². The minimum atomic E-state index is -0.313. The number of benzene rings is 2. The predicted octanol–water partition coefficient (Wildman–Crippen LogP) is 3.95. The second-order valence-electron chi connectivity index (χ2n) is 6.27. The first-order chi connectivity index (χ1) is 13.5. The van der Waals surface area contributed by atoms with Crippen LogP contribution in [0.5, 0.6) is 11.5 Å². The van der Waals surface area contributed by atoms with Gasteiger partial charge in [0.15, 0.2) is 11.5 Å². The maximum atomic E-state index is 12.9. The number of carbonyl (C=O) groups is 1. The molecule has 0 radical (unpaired) electrons. The van der Waals surface area contributed by atoms with E-state index in [0.29, 0.717) is 29.4 Å². The number of rotatable bonds is 7. The SMILES string of the molecule is COc1cc(C(=O)NCc2ccc(F)cc2)ccc1OCc1c(C)noc1C. The van der Waals surface area contributed by atoms with E-state index >= 15 is 0 Å². The van der Waals surface area contributed by atoms with E-state index in [1.54, 1.807) is 30.3 Å². The number of methoxy groups -OCH3 is 1. The Balaban J connectivity index is 1.66. The molecule has 0 aliphatic heterocycles. The molecule has 3 rings (SSSR count). The van der Waals surface area contributed by atoms with Gasteiger partial charge in [-0.05, 0) is 49.7 Å². The molecule has 1 N–H and O–H groups in total. The predicted molar refractivity (Wildman–Crippen MR) is 101 cm³/mol. The highest BCUT2D eigenvalue weighted by Gasteiger charge is 2.14. The number of aromatic nitrogens is 1. The number of ether oxygens (including phenoxy) is 2. The van der Waals surface area contributed by atoms with E-state index in [1.165, 1.54) is 19.2 Å². The third kappa shape index (κ3) is 4.49. The average molecular weight is 384 g/mol. The summed E-state index contributed by atoms with van der Waals surface area (Å²) >= 11 is 0. The van der Waals surface area contributed by atoms with Gasteiger partial charge in [0.2, 0.25) is 0 Å². The number of nitrogens with one attached hydrogen (secondary N) is 1. The summed E-state index contributed by atoms with van der Waals surface area (Å²) in [6, 6.07) is 10.9. The van der Waals surface area contributed by atoms with Crippen molar-refractivity contribution in [2.24, 2.45) is 0 Å². The second kappa shape index (κ2) is 8.56. The minimum Gasteiger partial charge on any atom is -0.493 e. The summed E-state index contributed by atoms with van der Waals surface area (Å²) in [4.78, 5) is 12.4. The first kappa shape index (κ1) is 19.4. The molecule has 0 fully saturated rings. The lowest BCUT2D eigenvalue weighted by Crippen LogP contribution is -2.22. The Labute approximate surface area is 162 Å². The second-order valence-corrected chi connectivity index (χ2v) is 6.27. The van der Waals surface area contributed by atoms with E-state index in [4.69, 9.17) is 14.0 Å². The van der Waals surface area contributed by atoms with Crippen LogP contribution in [0.2, 0.25) is 0 Å². The first-order valence-corrected chi connectivity index (χ1v) is 8.73. The Morgan fingerprint density at radius 3 is 2.54 bits per heavy atom. The lowest BCUT2D eigenvalue weighted by atomic mass is 10.1. The number of aryl methyl sites for hydroxylation is 2. The summed E-state index contributed by atoms with van der Waals surface area (Å²) < 4.78 is 29.2. The smallest absolute Gasteiger partial charge is 0.251 e. The van der Waals surface area contributed by atoms with Gasteiger partial charge in [-0.2, -0.15) is 0 Å². The molecule has 0 saturated heterocycles. The molecule has 3 aromatic rings. The summed E-state index contributed by atoms with van der Waals surface area (Å²) in [7, 11) is 1.51. The molecule has 6 nitrogen and oxygen atoms in total. The van der Waals surface area contributed by atoms with Crippen LogP contribution in [0.15, 0.2) is 47.0 Å². The van der Waals surface area contributed by atoms with Crippen molar-refractivity contribution >= 4 is 5.91 Å². The van der Waals surface area contributed by atoms with Gasteiger partial charge < -0.3 is 19.3 Å². The average Bonchev–Trinajstić information content (AvgIpc) is 3.03. The van der Waals surface area contributed by atoms with Crippen molar-refractivity contribution in [3.63, 3.8) is 0 Å². The summed E-state index contributed by atoms with van der Waals surface area (Å²) in [6.45, 7) is 4.25. The van der Waals surface area contributed by atoms with Crippen LogP contribution in [-0.4, -0.2) is 18.2 Å². The Morgan fingerprint density at radius 1 is 1.14 bits per heavy atom.